The van der Waals surface area contributed by atoms with Crippen LogP contribution in [-0.2, 0) is 23.9 Å². The van der Waals surface area contributed by atoms with E-state index in [0.29, 0.717) is 0 Å². The van der Waals surface area contributed by atoms with Crippen LogP contribution in [0, 0.1) is 5.92 Å². The lowest BCUT2D eigenvalue weighted by Crippen LogP contribution is -2.49. The van der Waals surface area contributed by atoms with Crippen molar-refractivity contribution in [3.63, 3.8) is 0 Å². The zero-order valence-electron chi connectivity index (χ0n) is 15.0. The molecule has 0 aromatic carbocycles. The van der Waals surface area contributed by atoms with E-state index in [1.807, 2.05) is 20.8 Å². The highest BCUT2D eigenvalue weighted by atomic mass is 16.5. The fourth-order valence-electron chi connectivity index (χ4n) is 2.97. The van der Waals surface area contributed by atoms with E-state index in [-0.39, 0.29) is 43.5 Å². The molecule has 2 rings (SSSR count). The number of carbonyl (C=O) groups excluding carboxylic acids is 4. The van der Waals surface area contributed by atoms with Crippen molar-refractivity contribution in [1.29, 1.82) is 0 Å². The highest BCUT2D eigenvalue weighted by molar-refractivity contribution is 6.15. The number of methoxy groups -OCH3 is 1. The van der Waals surface area contributed by atoms with Crippen LogP contribution in [-0.4, -0.2) is 71.8 Å². The summed E-state index contributed by atoms with van der Waals surface area (Å²) < 4.78 is 5.14. The smallest absolute Gasteiger partial charge is 0.254 e. The van der Waals surface area contributed by atoms with Gasteiger partial charge in [-0.1, -0.05) is 13.8 Å². The molecule has 3 atom stereocenters. The second kappa shape index (κ2) is 7.77. The molecular formula is C17H25N3O5. The zero-order chi connectivity index (χ0) is 18.7. The van der Waals surface area contributed by atoms with Gasteiger partial charge in [-0.15, -0.1) is 0 Å². The van der Waals surface area contributed by atoms with E-state index >= 15 is 0 Å². The van der Waals surface area contributed by atoms with Crippen molar-refractivity contribution in [3.8, 4) is 0 Å². The maximum Gasteiger partial charge on any atom is 0.254 e. The van der Waals surface area contributed by atoms with Crippen molar-refractivity contribution in [2.75, 3.05) is 20.3 Å². The molecule has 0 aliphatic carbocycles. The number of amides is 4. The minimum Gasteiger partial charge on any atom is -0.383 e. The molecule has 0 radical (unpaired) electrons. The zero-order valence-corrected chi connectivity index (χ0v) is 15.0. The average molecular weight is 351 g/mol. The molecule has 0 aromatic heterocycles. The summed E-state index contributed by atoms with van der Waals surface area (Å²) in [5.41, 5.74) is 0. The van der Waals surface area contributed by atoms with Gasteiger partial charge in [0.2, 0.25) is 11.8 Å². The quantitative estimate of drug-likeness (QED) is 0.635. The number of hydrogen-bond acceptors (Lipinski definition) is 5. The van der Waals surface area contributed by atoms with Crippen molar-refractivity contribution >= 4 is 23.6 Å². The Labute approximate surface area is 147 Å². The van der Waals surface area contributed by atoms with E-state index in [2.05, 4.69) is 5.32 Å². The van der Waals surface area contributed by atoms with Gasteiger partial charge >= 0.3 is 0 Å². The van der Waals surface area contributed by atoms with Crippen LogP contribution in [0.4, 0.5) is 0 Å². The monoisotopic (exact) mass is 351 g/mol. The second-order valence-corrected chi connectivity index (χ2v) is 6.81. The van der Waals surface area contributed by atoms with Crippen molar-refractivity contribution in [3.05, 3.63) is 12.2 Å². The molecule has 2 aliphatic heterocycles. The van der Waals surface area contributed by atoms with Crippen LogP contribution in [0.25, 0.3) is 0 Å². The van der Waals surface area contributed by atoms with E-state index in [4.69, 9.17) is 4.74 Å². The molecule has 1 saturated heterocycles. The topological polar surface area (TPSA) is 96.0 Å². The van der Waals surface area contributed by atoms with Crippen LogP contribution in [0.1, 0.15) is 27.2 Å². The van der Waals surface area contributed by atoms with Crippen LogP contribution in [0.15, 0.2) is 12.2 Å². The first-order valence-corrected chi connectivity index (χ1v) is 8.40. The Balaban J connectivity index is 2.10. The van der Waals surface area contributed by atoms with Gasteiger partial charge in [0.15, 0.2) is 0 Å². The number of ether oxygens (including phenoxy) is 1. The first kappa shape index (κ1) is 19.1. The lowest BCUT2D eigenvalue weighted by atomic mass is 10.1. The number of rotatable bonds is 7. The Hall–Kier alpha value is -2.22. The van der Waals surface area contributed by atoms with Crippen LogP contribution in [0.3, 0.4) is 0 Å². The fourth-order valence-corrected chi connectivity index (χ4v) is 2.97. The van der Waals surface area contributed by atoms with E-state index in [0.717, 1.165) is 17.1 Å². The molecule has 25 heavy (non-hydrogen) atoms. The maximum absolute atomic E-state index is 12.7. The van der Waals surface area contributed by atoms with Gasteiger partial charge in [0.05, 0.1) is 19.2 Å². The van der Waals surface area contributed by atoms with Gasteiger partial charge in [-0.25, -0.2) is 0 Å². The first-order chi connectivity index (χ1) is 11.8. The third kappa shape index (κ3) is 4.07. The van der Waals surface area contributed by atoms with Crippen molar-refractivity contribution < 1.29 is 23.9 Å². The van der Waals surface area contributed by atoms with Gasteiger partial charge in [0.1, 0.15) is 6.04 Å². The Morgan fingerprint density at radius 1 is 1.24 bits per heavy atom. The molecule has 0 spiro atoms. The van der Waals surface area contributed by atoms with Gasteiger partial charge in [-0.2, -0.15) is 0 Å². The number of imide groups is 1. The third-order valence-corrected chi connectivity index (χ3v) is 4.72. The molecule has 0 unspecified atom stereocenters. The average Bonchev–Trinajstić information content (AvgIpc) is 3.01. The largest absolute Gasteiger partial charge is 0.383 e. The summed E-state index contributed by atoms with van der Waals surface area (Å²) in [5.74, 6) is -1.40. The standard InChI is InChI=1S/C17H25N3O5/c1-10(2)11(3)18-14(21)8-19-12(9-25-4)7-13(17(19)24)20-15(22)5-6-16(20)23/h5-6,10-13H,7-9H2,1-4H3,(H,18,21)/t11-,12+,13+/m1/s1. The van der Waals surface area contributed by atoms with Gasteiger partial charge in [0.25, 0.3) is 11.8 Å². The Kier molecular flexibility index (Phi) is 5.94. The Morgan fingerprint density at radius 3 is 2.36 bits per heavy atom. The van der Waals surface area contributed by atoms with Crippen molar-refractivity contribution in [1.82, 2.24) is 15.1 Å². The third-order valence-electron chi connectivity index (χ3n) is 4.72. The summed E-state index contributed by atoms with van der Waals surface area (Å²) in [5, 5.41) is 2.86. The Morgan fingerprint density at radius 2 is 1.84 bits per heavy atom. The molecule has 8 nitrogen and oxygen atoms in total. The highest BCUT2D eigenvalue weighted by Gasteiger charge is 2.47. The number of nitrogens with zero attached hydrogens (tertiary/aromatic N) is 2. The summed E-state index contributed by atoms with van der Waals surface area (Å²) in [7, 11) is 1.50. The van der Waals surface area contributed by atoms with E-state index in [9.17, 15) is 19.2 Å². The summed E-state index contributed by atoms with van der Waals surface area (Å²) in [6, 6.07) is -1.26. The van der Waals surface area contributed by atoms with Gasteiger partial charge in [-0.3, -0.25) is 24.1 Å². The fraction of sp³-hybridized carbons (Fsp3) is 0.647. The molecule has 138 valence electrons. The molecule has 8 heteroatoms. The second-order valence-electron chi connectivity index (χ2n) is 6.81. The normalized spacial score (nSPS) is 24.6. The predicted molar refractivity (Wildman–Crippen MR) is 89.2 cm³/mol. The first-order valence-electron chi connectivity index (χ1n) is 8.40. The lowest BCUT2D eigenvalue weighted by Gasteiger charge is -2.25. The lowest BCUT2D eigenvalue weighted by molar-refractivity contribution is -0.147. The molecular weight excluding hydrogens is 326 g/mol. The Bertz CT molecular complexity index is 583. The molecule has 0 bridgehead atoms. The summed E-state index contributed by atoms with van der Waals surface area (Å²) in [6.07, 6.45) is 2.57. The SMILES string of the molecule is COC[C@@H]1C[C@H](N2C(=O)C=CC2=O)C(=O)N1CC(=O)N[C@H](C)C(C)C. The van der Waals surface area contributed by atoms with Crippen LogP contribution < -0.4 is 5.32 Å². The van der Waals surface area contributed by atoms with E-state index in [1.54, 1.807) is 0 Å². The minimum absolute atomic E-state index is 0.0205. The summed E-state index contributed by atoms with van der Waals surface area (Å²) in [4.78, 5) is 51.1. The van der Waals surface area contributed by atoms with Gasteiger partial charge < -0.3 is 15.0 Å². The number of hydrogen-bond donors (Lipinski definition) is 1. The van der Waals surface area contributed by atoms with Gasteiger partial charge in [0, 0.05) is 31.7 Å². The highest BCUT2D eigenvalue weighted by Crippen LogP contribution is 2.26. The molecule has 0 aromatic rings. The van der Waals surface area contributed by atoms with Gasteiger partial charge in [-0.05, 0) is 12.8 Å². The molecule has 1 N–H and O–H groups in total. The van der Waals surface area contributed by atoms with Crippen LogP contribution >= 0.6 is 0 Å². The van der Waals surface area contributed by atoms with Crippen molar-refractivity contribution in [2.45, 2.75) is 45.3 Å². The summed E-state index contributed by atoms with van der Waals surface area (Å²) >= 11 is 0. The minimum atomic E-state index is -0.884. The maximum atomic E-state index is 12.7. The van der Waals surface area contributed by atoms with Crippen LogP contribution in [0.5, 0.6) is 0 Å². The van der Waals surface area contributed by atoms with E-state index in [1.165, 1.54) is 12.0 Å². The predicted octanol–water partition coefficient (Wildman–Crippen LogP) is -0.312. The van der Waals surface area contributed by atoms with Crippen molar-refractivity contribution in [2.24, 2.45) is 5.92 Å². The molecule has 4 amide bonds. The number of likely N-dealkylation sites (tertiary alicyclic amines) is 1. The number of carbonyl (C=O) groups is 4. The molecule has 1 fully saturated rings. The van der Waals surface area contributed by atoms with Crippen LogP contribution in [0.2, 0.25) is 0 Å². The number of nitrogens with one attached hydrogen (secondary N) is 1. The molecule has 2 aliphatic rings. The summed E-state index contributed by atoms with van der Waals surface area (Å²) in [6.45, 7) is 6.00. The van der Waals surface area contributed by atoms with E-state index < -0.39 is 23.8 Å². The molecule has 0 saturated carbocycles. The molecule has 2 heterocycles.